The van der Waals surface area contributed by atoms with Crippen LogP contribution in [0.2, 0.25) is 0 Å². The zero-order valence-corrected chi connectivity index (χ0v) is 13.8. The van der Waals surface area contributed by atoms with E-state index in [0.717, 1.165) is 12.1 Å². The number of aromatic nitrogens is 1. The van der Waals surface area contributed by atoms with Crippen LogP contribution in [-0.2, 0) is 10.4 Å². The summed E-state index contributed by atoms with van der Waals surface area (Å²) < 4.78 is 33.0. The van der Waals surface area contributed by atoms with Gasteiger partial charge < -0.3 is 9.64 Å². The van der Waals surface area contributed by atoms with Crippen LogP contribution in [0.25, 0.3) is 0 Å². The molecule has 0 N–H and O–H groups in total. The van der Waals surface area contributed by atoms with E-state index >= 15 is 0 Å². The highest BCUT2D eigenvalue weighted by Crippen LogP contribution is 2.46. The van der Waals surface area contributed by atoms with Crippen LogP contribution in [-0.4, -0.2) is 17.9 Å². The smallest absolute Gasteiger partial charge is 0.282 e. The van der Waals surface area contributed by atoms with Gasteiger partial charge >= 0.3 is 0 Å². The van der Waals surface area contributed by atoms with Gasteiger partial charge in [-0.3, -0.25) is 9.78 Å². The lowest BCUT2D eigenvalue weighted by atomic mass is 9.90. The number of hydrogen-bond donors (Lipinski definition) is 0. The number of anilines is 1. The second-order valence-electron chi connectivity index (χ2n) is 5.96. The van der Waals surface area contributed by atoms with Crippen LogP contribution < -0.4 is 9.64 Å². The molecule has 0 saturated heterocycles. The SMILES string of the molecule is CN1C(=O)[C@](Oc2ccc(F)c(F)c2)(c2ccccn2)c2ccccc21. The van der Waals surface area contributed by atoms with E-state index in [9.17, 15) is 13.6 Å². The second kappa shape index (κ2) is 5.91. The monoisotopic (exact) mass is 352 g/mol. The molecule has 2 heterocycles. The molecule has 0 saturated carbocycles. The summed E-state index contributed by atoms with van der Waals surface area (Å²) >= 11 is 0. The third kappa shape index (κ3) is 2.26. The number of para-hydroxylation sites is 1. The Bertz CT molecular complexity index is 994. The van der Waals surface area contributed by atoms with Gasteiger partial charge in [-0.1, -0.05) is 24.3 Å². The van der Waals surface area contributed by atoms with Crippen molar-refractivity contribution in [3.05, 3.63) is 89.8 Å². The van der Waals surface area contributed by atoms with Gasteiger partial charge in [0, 0.05) is 24.9 Å². The van der Waals surface area contributed by atoms with Crippen LogP contribution in [0.3, 0.4) is 0 Å². The number of rotatable bonds is 3. The average molecular weight is 352 g/mol. The topological polar surface area (TPSA) is 42.4 Å². The number of fused-ring (bicyclic) bond motifs is 1. The Hall–Kier alpha value is -3.28. The van der Waals surface area contributed by atoms with Crippen LogP contribution >= 0.6 is 0 Å². The van der Waals surface area contributed by atoms with Crippen molar-refractivity contribution >= 4 is 11.6 Å². The molecule has 26 heavy (non-hydrogen) atoms. The predicted octanol–water partition coefficient (Wildman–Crippen LogP) is 3.66. The summed E-state index contributed by atoms with van der Waals surface area (Å²) in [5, 5.41) is 0. The lowest BCUT2D eigenvalue weighted by molar-refractivity contribution is -0.130. The van der Waals surface area contributed by atoms with Crippen molar-refractivity contribution in [2.24, 2.45) is 0 Å². The summed E-state index contributed by atoms with van der Waals surface area (Å²) in [6, 6.07) is 15.5. The molecule has 3 aromatic rings. The first-order valence-electron chi connectivity index (χ1n) is 7.97. The van der Waals surface area contributed by atoms with E-state index in [2.05, 4.69) is 4.98 Å². The van der Waals surface area contributed by atoms with Crippen LogP contribution in [0, 0.1) is 11.6 Å². The van der Waals surface area contributed by atoms with E-state index < -0.39 is 17.2 Å². The fraction of sp³-hybridized carbons (Fsp3) is 0.100. The van der Waals surface area contributed by atoms with Gasteiger partial charge in [-0.25, -0.2) is 8.78 Å². The summed E-state index contributed by atoms with van der Waals surface area (Å²) in [7, 11) is 1.64. The van der Waals surface area contributed by atoms with E-state index in [1.807, 2.05) is 6.07 Å². The Kier molecular flexibility index (Phi) is 3.68. The highest BCUT2D eigenvalue weighted by molar-refractivity contribution is 6.08. The molecule has 1 amide bonds. The molecule has 1 aromatic heterocycles. The van der Waals surface area contributed by atoms with Crippen molar-refractivity contribution in [3.63, 3.8) is 0 Å². The van der Waals surface area contributed by atoms with E-state index in [4.69, 9.17) is 4.74 Å². The first-order chi connectivity index (χ1) is 12.5. The maximum absolute atomic E-state index is 13.7. The van der Waals surface area contributed by atoms with Crippen molar-refractivity contribution in [2.45, 2.75) is 5.60 Å². The highest BCUT2D eigenvalue weighted by atomic mass is 19.2. The molecule has 6 heteroatoms. The summed E-state index contributed by atoms with van der Waals surface area (Å²) in [4.78, 5) is 19.0. The molecular formula is C20H14F2N2O2. The van der Waals surface area contributed by atoms with Gasteiger partial charge in [-0.15, -0.1) is 0 Å². The minimum absolute atomic E-state index is 0.0352. The molecule has 1 aliphatic heterocycles. The number of halogens is 2. The van der Waals surface area contributed by atoms with Crippen LogP contribution in [0.1, 0.15) is 11.3 Å². The van der Waals surface area contributed by atoms with Crippen molar-refractivity contribution in [1.29, 1.82) is 0 Å². The molecule has 1 atom stereocenters. The molecule has 0 fully saturated rings. The summed E-state index contributed by atoms with van der Waals surface area (Å²) in [5.41, 5.74) is 0.0600. The first-order valence-corrected chi connectivity index (χ1v) is 7.97. The van der Waals surface area contributed by atoms with E-state index in [1.54, 1.807) is 49.6 Å². The van der Waals surface area contributed by atoms with Gasteiger partial charge in [0.15, 0.2) is 11.6 Å². The molecule has 0 bridgehead atoms. The first kappa shape index (κ1) is 16.2. The zero-order chi connectivity index (χ0) is 18.3. The number of carbonyl (C=O) groups excluding carboxylic acids is 1. The third-order valence-corrected chi connectivity index (χ3v) is 4.44. The number of pyridine rings is 1. The second-order valence-corrected chi connectivity index (χ2v) is 5.96. The molecule has 1 aliphatic rings. The average Bonchev–Trinajstić information content (AvgIpc) is 2.88. The number of carbonyl (C=O) groups is 1. The number of ether oxygens (including phenoxy) is 1. The molecular weight excluding hydrogens is 338 g/mol. The summed E-state index contributed by atoms with van der Waals surface area (Å²) in [6.07, 6.45) is 1.56. The normalized spacial score (nSPS) is 18.7. The highest BCUT2D eigenvalue weighted by Gasteiger charge is 2.54. The van der Waals surface area contributed by atoms with Crippen molar-refractivity contribution in [2.75, 3.05) is 11.9 Å². The fourth-order valence-corrected chi connectivity index (χ4v) is 3.21. The van der Waals surface area contributed by atoms with Crippen molar-refractivity contribution in [3.8, 4) is 5.75 Å². The Balaban J connectivity index is 1.95. The molecule has 4 nitrogen and oxygen atoms in total. The lowest BCUT2D eigenvalue weighted by Gasteiger charge is -2.29. The van der Waals surface area contributed by atoms with E-state index in [-0.39, 0.29) is 11.7 Å². The summed E-state index contributed by atoms with van der Waals surface area (Å²) in [6.45, 7) is 0. The third-order valence-electron chi connectivity index (χ3n) is 4.44. The van der Waals surface area contributed by atoms with Crippen LogP contribution in [0.15, 0.2) is 66.9 Å². The van der Waals surface area contributed by atoms with Gasteiger partial charge in [-0.05, 0) is 30.3 Å². The molecule has 2 aromatic carbocycles. The lowest BCUT2D eigenvalue weighted by Crippen LogP contribution is -2.45. The maximum Gasteiger partial charge on any atom is 0.282 e. The quantitative estimate of drug-likeness (QED) is 0.722. The van der Waals surface area contributed by atoms with E-state index in [0.29, 0.717) is 16.9 Å². The number of hydrogen-bond acceptors (Lipinski definition) is 3. The molecule has 0 radical (unpaired) electrons. The number of amides is 1. The number of benzene rings is 2. The maximum atomic E-state index is 13.7. The molecule has 0 unspecified atom stereocenters. The van der Waals surface area contributed by atoms with Gasteiger partial charge in [0.25, 0.3) is 11.5 Å². The zero-order valence-electron chi connectivity index (χ0n) is 13.8. The fourth-order valence-electron chi connectivity index (χ4n) is 3.21. The Morgan fingerprint density at radius 3 is 2.50 bits per heavy atom. The molecule has 130 valence electrons. The van der Waals surface area contributed by atoms with Crippen molar-refractivity contribution < 1.29 is 18.3 Å². The standard InChI is InChI=1S/C20H14F2N2O2/c1-24-17-7-3-2-6-14(17)20(19(24)25,18-8-4-5-11-23-18)26-13-9-10-15(21)16(22)12-13/h2-12H,1H3/t20-/m1/s1. The predicted molar refractivity (Wildman–Crippen MR) is 91.9 cm³/mol. The number of likely N-dealkylation sites (N-methyl/N-ethyl adjacent to an activating group) is 1. The molecule has 0 spiro atoms. The van der Waals surface area contributed by atoms with Gasteiger partial charge in [0.05, 0.1) is 11.4 Å². The van der Waals surface area contributed by atoms with Gasteiger partial charge in [0.2, 0.25) is 0 Å². The Morgan fingerprint density at radius 2 is 1.77 bits per heavy atom. The van der Waals surface area contributed by atoms with Gasteiger partial charge in [0.1, 0.15) is 5.75 Å². The molecule has 4 rings (SSSR count). The van der Waals surface area contributed by atoms with E-state index in [1.165, 1.54) is 11.0 Å². The van der Waals surface area contributed by atoms with Crippen LogP contribution in [0.4, 0.5) is 14.5 Å². The minimum atomic E-state index is -1.57. The van der Waals surface area contributed by atoms with Crippen LogP contribution in [0.5, 0.6) is 5.75 Å². The van der Waals surface area contributed by atoms with Crippen molar-refractivity contribution in [1.82, 2.24) is 4.98 Å². The Morgan fingerprint density at radius 1 is 1.00 bits per heavy atom. The molecule has 0 aliphatic carbocycles. The number of nitrogens with zero attached hydrogens (tertiary/aromatic N) is 2. The largest absolute Gasteiger partial charge is 0.466 e. The van der Waals surface area contributed by atoms with Gasteiger partial charge in [-0.2, -0.15) is 0 Å². The minimum Gasteiger partial charge on any atom is -0.466 e. The summed E-state index contributed by atoms with van der Waals surface area (Å²) in [5.74, 6) is -2.36. The Labute approximate surface area is 148 Å².